The summed E-state index contributed by atoms with van der Waals surface area (Å²) in [5.41, 5.74) is 5.05. The van der Waals surface area contributed by atoms with E-state index in [-0.39, 0.29) is 17.7 Å². The zero-order valence-electron chi connectivity index (χ0n) is 17.4. The van der Waals surface area contributed by atoms with Crippen LogP contribution >= 0.6 is 11.3 Å². The summed E-state index contributed by atoms with van der Waals surface area (Å²) in [5.74, 6) is 0.778. The number of hydrogen-bond acceptors (Lipinski definition) is 3. The number of aryl methyl sites for hydroxylation is 4. The van der Waals surface area contributed by atoms with Crippen LogP contribution in [0.5, 0.6) is 0 Å². The Labute approximate surface area is 171 Å². The molecule has 150 valence electrons. The lowest BCUT2D eigenvalue weighted by atomic mass is 9.82. The maximum atomic E-state index is 12.8. The van der Waals surface area contributed by atoms with Gasteiger partial charge in [0.05, 0.1) is 9.88 Å². The molecule has 2 aromatic rings. The van der Waals surface area contributed by atoms with Crippen molar-refractivity contribution in [3.63, 3.8) is 0 Å². The van der Waals surface area contributed by atoms with Crippen molar-refractivity contribution in [3.8, 4) is 0 Å². The smallest absolute Gasteiger partial charge is 0.266 e. The van der Waals surface area contributed by atoms with Crippen LogP contribution in [0.1, 0.15) is 64.5 Å². The second-order valence-corrected chi connectivity index (χ2v) is 9.35. The number of benzene rings is 1. The maximum Gasteiger partial charge on any atom is 0.266 e. The van der Waals surface area contributed by atoms with Gasteiger partial charge in [-0.2, -0.15) is 0 Å². The first-order valence-corrected chi connectivity index (χ1v) is 10.9. The standard InChI is InChI=1S/C23H30N2O2S/c1-13-6-8-18(9-7-13)22(26)24-19-12-17(5)21(28-19)23(27)25-20-15(3)10-14(2)11-16(20)4/h10-13,18H,6-9H2,1-5H3,(H,24,26)(H,25,27). The Hall–Kier alpha value is -2.14. The van der Waals surface area contributed by atoms with Gasteiger partial charge in [0.2, 0.25) is 5.91 Å². The van der Waals surface area contributed by atoms with E-state index in [1.165, 1.54) is 16.9 Å². The Morgan fingerprint density at radius 3 is 2.11 bits per heavy atom. The van der Waals surface area contributed by atoms with Crippen LogP contribution in [0.2, 0.25) is 0 Å². The lowest BCUT2D eigenvalue weighted by Gasteiger charge is -2.24. The molecule has 2 N–H and O–H groups in total. The summed E-state index contributed by atoms with van der Waals surface area (Å²) in [5, 5.41) is 6.85. The first-order valence-electron chi connectivity index (χ1n) is 10.0. The average Bonchev–Trinajstić information content (AvgIpc) is 2.98. The highest BCUT2D eigenvalue weighted by molar-refractivity contribution is 7.18. The predicted octanol–water partition coefficient (Wildman–Crippen LogP) is 6.00. The molecule has 2 amide bonds. The van der Waals surface area contributed by atoms with E-state index in [0.717, 1.165) is 59.0 Å². The third kappa shape index (κ3) is 4.64. The minimum atomic E-state index is -0.121. The fraction of sp³-hybridized carbons (Fsp3) is 0.478. The van der Waals surface area contributed by atoms with Crippen LogP contribution in [-0.2, 0) is 4.79 Å². The number of anilines is 2. The summed E-state index contributed by atoms with van der Waals surface area (Å²) in [6, 6.07) is 6.04. The van der Waals surface area contributed by atoms with Crippen LogP contribution in [0, 0.1) is 39.5 Å². The molecule has 3 rings (SSSR count). The fourth-order valence-corrected chi connectivity index (χ4v) is 5.03. The van der Waals surface area contributed by atoms with Crippen molar-refractivity contribution >= 4 is 33.8 Å². The summed E-state index contributed by atoms with van der Waals surface area (Å²) in [4.78, 5) is 26.1. The van der Waals surface area contributed by atoms with Crippen molar-refractivity contribution in [3.05, 3.63) is 45.3 Å². The van der Waals surface area contributed by atoms with Crippen LogP contribution in [0.4, 0.5) is 10.7 Å². The Kier molecular flexibility index (Phi) is 6.23. The van der Waals surface area contributed by atoms with Crippen molar-refractivity contribution in [1.82, 2.24) is 0 Å². The number of carbonyl (C=O) groups is 2. The molecule has 0 saturated heterocycles. The number of thiophene rings is 1. The molecule has 0 aliphatic heterocycles. The molecule has 1 aliphatic carbocycles. The van der Waals surface area contributed by atoms with Crippen molar-refractivity contribution in [2.24, 2.45) is 11.8 Å². The van der Waals surface area contributed by atoms with Crippen molar-refractivity contribution in [1.29, 1.82) is 0 Å². The van der Waals surface area contributed by atoms with E-state index in [4.69, 9.17) is 0 Å². The maximum absolute atomic E-state index is 12.8. The lowest BCUT2D eigenvalue weighted by molar-refractivity contribution is -0.120. The lowest BCUT2D eigenvalue weighted by Crippen LogP contribution is -2.26. The van der Waals surface area contributed by atoms with Gasteiger partial charge >= 0.3 is 0 Å². The molecule has 0 spiro atoms. The van der Waals surface area contributed by atoms with Gasteiger partial charge in [-0.25, -0.2) is 0 Å². The molecule has 0 bridgehead atoms. The van der Waals surface area contributed by atoms with Gasteiger partial charge < -0.3 is 10.6 Å². The van der Waals surface area contributed by atoms with Gasteiger partial charge in [0.25, 0.3) is 5.91 Å². The van der Waals surface area contributed by atoms with Gasteiger partial charge in [-0.3, -0.25) is 9.59 Å². The second-order valence-electron chi connectivity index (χ2n) is 8.30. The van der Waals surface area contributed by atoms with Gasteiger partial charge in [0, 0.05) is 11.6 Å². The molecule has 1 aromatic carbocycles. The molecule has 1 saturated carbocycles. The van der Waals surface area contributed by atoms with Crippen LogP contribution in [-0.4, -0.2) is 11.8 Å². The highest BCUT2D eigenvalue weighted by Gasteiger charge is 2.25. The average molecular weight is 399 g/mol. The largest absolute Gasteiger partial charge is 0.321 e. The van der Waals surface area contributed by atoms with Gasteiger partial charge in [0.15, 0.2) is 0 Å². The van der Waals surface area contributed by atoms with E-state index < -0.39 is 0 Å². The Balaban J connectivity index is 1.70. The van der Waals surface area contributed by atoms with Gasteiger partial charge in [-0.05, 0) is 82.1 Å². The van der Waals surface area contributed by atoms with Crippen LogP contribution in [0.25, 0.3) is 0 Å². The first kappa shape index (κ1) is 20.6. The van der Waals surface area contributed by atoms with Crippen LogP contribution < -0.4 is 10.6 Å². The Morgan fingerprint density at radius 2 is 1.50 bits per heavy atom. The highest BCUT2D eigenvalue weighted by atomic mass is 32.1. The number of amides is 2. The normalized spacial score (nSPS) is 19.3. The van der Waals surface area contributed by atoms with Crippen LogP contribution in [0.3, 0.4) is 0 Å². The van der Waals surface area contributed by atoms with E-state index in [2.05, 4.69) is 36.6 Å². The SMILES string of the molecule is Cc1cc(C)c(NC(=O)c2sc(NC(=O)C3CCC(C)CC3)cc2C)c(C)c1. The summed E-state index contributed by atoms with van der Waals surface area (Å²) >= 11 is 1.35. The highest BCUT2D eigenvalue weighted by Crippen LogP contribution is 2.32. The summed E-state index contributed by atoms with van der Waals surface area (Å²) in [7, 11) is 0. The molecule has 1 heterocycles. The number of nitrogens with one attached hydrogen (secondary N) is 2. The zero-order chi connectivity index (χ0) is 20.4. The number of carbonyl (C=O) groups excluding carboxylic acids is 2. The number of hydrogen-bond donors (Lipinski definition) is 2. The van der Waals surface area contributed by atoms with Gasteiger partial charge in [-0.1, -0.05) is 24.6 Å². The first-order chi connectivity index (χ1) is 13.2. The Morgan fingerprint density at radius 1 is 0.893 bits per heavy atom. The third-order valence-corrected chi connectivity index (χ3v) is 6.82. The molecule has 1 aromatic heterocycles. The monoisotopic (exact) mass is 398 g/mol. The molecule has 1 aliphatic rings. The van der Waals surface area contributed by atoms with Crippen molar-refractivity contribution in [2.75, 3.05) is 10.6 Å². The molecular formula is C23H30N2O2S. The zero-order valence-corrected chi connectivity index (χ0v) is 18.3. The molecule has 1 fully saturated rings. The molecule has 28 heavy (non-hydrogen) atoms. The number of rotatable bonds is 4. The van der Waals surface area contributed by atoms with Crippen molar-refractivity contribution < 1.29 is 9.59 Å². The van der Waals surface area contributed by atoms with E-state index in [1.807, 2.05) is 26.8 Å². The van der Waals surface area contributed by atoms with Crippen molar-refractivity contribution in [2.45, 2.75) is 60.3 Å². The van der Waals surface area contributed by atoms with Gasteiger partial charge in [0.1, 0.15) is 0 Å². The third-order valence-electron chi connectivity index (χ3n) is 5.67. The fourth-order valence-electron chi connectivity index (χ4n) is 4.06. The van der Waals surface area contributed by atoms with Crippen LogP contribution in [0.15, 0.2) is 18.2 Å². The van der Waals surface area contributed by atoms with Gasteiger partial charge in [-0.15, -0.1) is 11.3 Å². The van der Waals surface area contributed by atoms with E-state index >= 15 is 0 Å². The molecular weight excluding hydrogens is 368 g/mol. The van der Waals surface area contributed by atoms with E-state index in [1.54, 1.807) is 0 Å². The Bertz CT molecular complexity index is 869. The quantitative estimate of drug-likeness (QED) is 0.664. The predicted molar refractivity (Wildman–Crippen MR) is 117 cm³/mol. The summed E-state index contributed by atoms with van der Waals surface area (Å²) in [6.07, 6.45) is 4.14. The summed E-state index contributed by atoms with van der Waals surface area (Å²) in [6.45, 7) is 10.2. The molecule has 0 atom stereocenters. The molecule has 0 unspecified atom stereocenters. The topological polar surface area (TPSA) is 58.2 Å². The van der Waals surface area contributed by atoms with E-state index in [0.29, 0.717) is 4.88 Å². The minimum absolute atomic E-state index is 0.0883. The minimum Gasteiger partial charge on any atom is -0.321 e. The van der Waals surface area contributed by atoms with E-state index in [9.17, 15) is 9.59 Å². The molecule has 5 heteroatoms. The molecule has 4 nitrogen and oxygen atoms in total. The second kappa shape index (κ2) is 8.48. The summed E-state index contributed by atoms with van der Waals surface area (Å²) < 4.78 is 0. The molecule has 0 radical (unpaired) electrons.